The zero-order valence-electron chi connectivity index (χ0n) is 16.9. The molecule has 0 radical (unpaired) electrons. The maximum Gasteiger partial charge on any atom is 0.251 e. The van der Waals surface area contributed by atoms with Gasteiger partial charge in [0.05, 0.1) is 13.7 Å². The Morgan fingerprint density at radius 3 is 2.31 bits per heavy atom. The van der Waals surface area contributed by atoms with E-state index >= 15 is 0 Å². The summed E-state index contributed by atoms with van der Waals surface area (Å²) in [5, 5.41) is 9.07. The van der Waals surface area contributed by atoms with Crippen LogP contribution in [0.3, 0.4) is 0 Å². The Labute approximate surface area is 172 Å². The first-order valence-corrected chi connectivity index (χ1v) is 10.2. The van der Waals surface area contributed by atoms with Gasteiger partial charge in [0.2, 0.25) is 5.91 Å². The summed E-state index contributed by atoms with van der Waals surface area (Å²) in [6.07, 6.45) is 5.77. The quantitative estimate of drug-likeness (QED) is 0.639. The van der Waals surface area contributed by atoms with Crippen molar-refractivity contribution in [2.24, 2.45) is 0 Å². The Kier molecular flexibility index (Phi) is 7.50. The van der Waals surface area contributed by atoms with Crippen LogP contribution in [0.4, 0.5) is 5.69 Å². The van der Waals surface area contributed by atoms with Crippen LogP contribution >= 0.6 is 0 Å². The Morgan fingerprint density at radius 1 is 0.966 bits per heavy atom. The van der Waals surface area contributed by atoms with Gasteiger partial charge in [-0.2, -0.15) is 0 Å². The van der Waals surface area contributed by atoms with E-state index in [0.717, 1.165) is 29.8 Å². The van der Waals surface area contributed by atoms with Gasteiger partial charge >= 0.3 is 0 Å². The van der Waals surface area contributed by atoms with Crippen LogP contribution in [0.15, 0.2) is 48.5 Å². The summed E-state index contributed by atoms with van der Waals surface area (Å²) >= 11 is 0. The zero-order valence-corrected chi connectivity index (χ0v) is 16.9. The molecule has 0 spiro atoms. The van der Waals surface area contributed by atoms with Gasteiger partial charge in [0, 0.05) is 23.8 Å². The number of ether oxygens (including phenoxy) is 1. The molecule has 1 fully saturated rings. The highest BCUT2D eigenvalue weighted by atomic mass is 16.5. The van der Waals surface area contributed by atoms with Gasteiger partial charge < -0.3 is 20.7 Å². The molecule has 6 nitrogen and oxygen atoms in total. The van der Waals surface area contributed by atoms with Gasteiger partial charge in [0.25, 0.3) is 5.91 Å². The molecule has 2 amide bonds. The van der Waals surface area contributed by atoms with E-state index in [1.165, 1.54) is 19.3 Å². The maximum atomic E-state index is 12.3. The van der Waals surface area contributed by atoms with Crippen molar-refractivity contribution in [3.63, 3.8) is 0 Å². The molecule has 0 unspecified atom stereocenters. The second kappa shape index (κ2) is 10.5. The van der Waals surface area contributed by atoms with Crippen LogP contribution in [0, 0.1) is 0 Å². The summed E-state index contributed by atoms with van der Waals surface area (Å²) in [5.74, 6) is 0.665. The van der Waals surface area contributed by atoms with E-state index in [0.29, 0.717) is 18.2 Å². The van der Waals surface area contributed by atoms with Gasteiger partial charge in [-0.05, 0) is 54.8 Å². The lowest BCUT2D eigenvalue weighted by Gasteiger charge is -2.22. The molecule has 154 valence electrons. The van der Waals surface area contributed by atoms with Crippen LogP contribution in [0.1, 0.15) is 48.0 Å². The van der Waals surface area contributed by atoms with Gasteiger partial charge in [0.1, 0.15) is 5.75 Å². The van der Waals surface area contributed by atoms with Crippen molar-refractivity contribution in [1.82, 2.24) is 10.6 Å². The van der Waals surface area contributed by atoms with Gasteiger partial charge in [-0.1, -0.05) is 31.4 Å². The lowest BCUT2D eigenvalue weighted by atomic mass is 9.95. The van der Waals surface area contributed by atoms with Crippen LogP contribution in [0.5, 0.6) is 5.75 Å². The van der Waals surface area contributed by atoms with Crippen molar-refractivity contribution >= 4 is 17.5 Å². The van der Waals surface area contributed by atoms with Crippen molar-refractivity contribution < 1.29 is 14.3 Å². The molecule has 1 aliphatic rings. The fraction of sp³-hybridized carbons (Fsp3) is 0.391. The highest BCUT2D eigenvalue weighted by Crippen LogP contribution is 2.18. The SMILES string of the molecule is COc1ccc(CNC(=O)CNc2ccc(C(=O)NC3CCCCC3)cc2)cc1. The summed E-state index contributed by atoms with van der Waals surface area (Å²) in [5.41, 5.74) is 2.45. The fourth-order valence-corrected chi connectivity index (χ4v) is 3.44. The minimum absolute atomic E-state index is 0.0271. The van der Waals surface area contributed by atoms with Crippen molar-refractivity contribution in [3.05, 3.63) is 59.7 Å². The topological polar surface area (TPSA) is 79.5 Å². The fourth-order valence-electron chi connectivity index (χ4n) is 3.44. The largest absolute Gasteiger partial charge is 0.497 e. The van der Waals surface area contributed by atoms with Gasteiger partial charge in [-0.3, -0.25) is 9.59 Å². The highest BCUT2D eigenvalue weighted by molar-refractivity contribution is 5.94. The number of carbonyl (C=O) groups is 2. The zero-order chi connectivity index (χ0) is 20.5. The Morgan fingerprint density at radius 2 is 1.66 bits per heavy atom. The van der Waals surface area contributed by atoms with E-state index < -0.39 is 0 Å². The number of rotatable bonds is 8. The molecule has 1 saturated carbocycles. The second-order valence-corrected chi connectivity index (χ2v) is 7.36. The normalized spacial score (nSPS) is 14.1. The maximum absolute atomic E-state index is 12.3. The van der Waals surface area contributed by atoms with Gasteiger partial charge in [-0.25, -0.2) is 0 Å². The number of carbonyl (C=O) groups excluding carboxylic acids is 2. The molecule has 6 heteroatoms. The van der Waals surface area contributed by atoms with E-state index in [2.05, 4.69) is 16.0 Å². The predicted octanol–water partition coefficient (Wildman–Crippen LogP) is 3.49. The standard InChI is InChI=1S/C23H29N3O3/c1-29-21-13-7-17(8-14-21)15-25-22(27)16-24-19-11-9-18(10-12-19)23(28)26-20-5-3-2-4-6-20/h7-14,20,24H,2-6,15-16H2,1H3,(H,25,27)(H,26,28). The third kappa shape index (κ3) is 6.52. The number of hydrogen-bond acceptors (Lipinski definition) is 4. The highest BCUT2D eigenvalue weighted by Gasteiger charge is 2.16. The van der Waals surface area contributed by atoms with E-state index in [4.69, 9.17) is 4.74 Å². The van der Waals surface area contributed by atoms with Crippen LogP contribution in [-0.2, 0) is 11.3 Å². The van der Waals surface area contributed by atoms with E-state index in [9.17, 15) is 9.59 Å². The molecule has 3 N–H and O–H groups in total. The molecule has 2 aromatic carbocycles. The number of hydrogen-bond donors (Lipinski definition) is 3. The molecule has 0 bridgehead atoms. The number of benzene rings is 2. The van der Waals surface area contributed by atoms with Crippen molar-refractivity contribution in [1.29, 1.82) is 0 Å². The van der Waals surface area contributed by atoms with E-state index in [1.807, 2.05) is 36.4 Å². The van der Waals surface area contributed by atoms with Crippen LogP contribution in [-0.4, -0.2) is 31.5 Å². The summed E-state index contributed by atoms with van der Waals surface area (Å²) in [6, 6.07) is 15.1. The molecule has 0 saturated heterocycles. The first kappa shape index (κ1) is 20.7. The van der Waals surface area contributed by atoms with Crippen molar-refractivity contribution in [2.75, 3.05) is 19.0 Å². The third-order valence-electron chi connectivity index (χ3n) is 5.19. The lowest BCUT2D eigenvalue weighted by Crippen LogP contribution is -2.36. The molecular weight excluding hydrogens is 366 g/mol. The number of amides is 2. The lowest BCUT2D eigenvalue weighted by molar-refractivity contribution is -0.119. The molecule has 1 aliphatic carbocycles. The van der Waals surface area contributed by atoms with Crippen LogP contribution < -0.4 is 20.7 Å². The molecule has 0 atom stereocenters. The molecule has 0 aromatic heterocycles. The molecule has 2 aromatic rings. The monoisotopic (exact) mass is 395 g/mol. The number of nitrogens with one attached hydrogen (secondary N) is 3. The molecular formula is C23H29N3O3. The summed E-state index contributed by atoms with van der Waals surface area (Å²) in [4.78, 5) is 24.4. The Balaban J connectivity index is 1.40. The van der Waals surface area contributed by atoms with E-state index in [-0.39, 0.29) is 18.4 Å². The molecule has 3 rings (SSSR count). The number of methoxy groups -OCH3 is 1. The first-order chi connectivity index (χ1) is 14.1. The Hall–Kier alpha value is -3.02. The van der Waals surface area contributed by atoms with Gasteiger partial charge in [0.15, 0.2) is 0 Å². The Bertz CT molecular complexity index is 797. The van der Waals surface area contributed by atoms with Crippen molar-refractivity contribution in [2.45, 2.75) is 44.7 Å². The average molecular weight is 396 g/mol. The minimum Gasteiger partial charge on any atom is -0.497 e. The molecule has 0 aliphatic heterocycles. The van der Waals surface area contributed by atoms with E-state index in [1.54, 1.807) is 19.2 Å². The third-order valence-corrected chi connectivity index (χ3v) is 5.19. The van der Waals surface area contributed by atoms with Gasteiger partial charge in [-0.15, -0.1) is 0 Å². The van der Waals surface area contributed by atoms with Crippen molar-refractivity contribution in [3.8, 4) is 5.75 Å². The first-order valence-electron chi connectivity index (χ1n) is 10.2. The summed E-state index contributed by atoms with van der Waals surface area (Å²) in [7, 11) is 1.62. The van der Waals surface area contributed by atoms with Crippen LogP contribution in [0.2, 0.25) is 0 Å². The minimum atomic E-state index is -0.0973. The molecule has 0 heterocycles. The average Bonchev–Trinajstić information content (AvgIpc) is 2.77. The second-order valence-electron chi connectivity index (χ2n) is 7.36. The summed E-state index contributed by atoms with van der Waals surface area (Å²) < 4.78 is 5.12. The molecule has 29 heavy (non-hydrogen) atoms. The summed E-state index contributed by atoms with van der Waals surface area (Å²) in [6.45, 7) is 0.633. The number of anilines is 1. The smallest absolute Gasteiger partial charge is 0.251 e. The predicted molar refractivity (Wildman–Crippen MR) is 114 cm³/mol. The van der Waals surface area contributed by atoms with Crippen LogP contribution in [0.25, 0.3) is 0 Å².